The number of fused-ring (bicyclic) bond motifs is 1. The topological polar surface area (TPSA) is 0 Å². The minimum absolute atomic E-state index is 0. The minimum Gasteiger partial charge on any atom is -1.00 e. The van der Waals surface area contributed by atoms with Gasteiger partial charge in [0.25, 0.3) is 0 Å². The van der Waals surface area contributed by atoms with Gasteiger partial charge >= 0.3 is 52.4 Å². The first-order chi connectivity index (χ1) is 10.9. The van der Waals surface area contributed by atoms with Crippen LogP contribution in [-0.2, 0) is 58.5 Å². The summed E-state index contributed by atoms with van der Waals surface area (Å²) in [4.78, 5) is 0. The molecule has 158 valence electrons. The average Bonchev–Trinajstić information content (AvgIpc) is 3.12. The van der Waals surface area contributed by atoms with Crippen LogP contribution in [0.4, 0.5) is 0 Å². The molecule has 0 N–H and O–H groups in total. The first-order valence-electron chi connectivity index (χ1n) is 8.43. The van der Waals surface area contributed by atoms with E-state index >= 15 is 0 Å². The Morgan fingerprint density at radius 1 is 0.862 bits per heavy atom. The summed E-state index contributed by atoms with van der Waals surface area (Å²) in [6.07, 6.45) is 0. The molecular weight excluding hydrogens is 633 g/mol. The molecule has 3 aromatic carbocycles. The molecular formula is C21H31Cl4Si2Zr2+. The van der Waals surface area contributed by atoms with E-state index in [2.05, 4.69) is 70.0 Å². The maximum atomic E-state index is 2.44. The fourth-order valence-corrected chi connectivity index (χ4v) is 4.05. The smallest absolute Gasteiger partial charge is 1.00 e. The summed E-state index contributed by atoms with van der Waals surface area (Å²) in [7, 11) is -0.260. The first-order valence-corrected chi connectivity index (χ1v) is 14.4. The fourth-order valence-electron chi connectivity index (χ4n) is 2.52. The first kappa shape index (κ1) is 44.3. The van der Waals surface area contributed by atoms with Gasteiger partial charge in [-0.05, 0) is 0 Å². The van der Waals surface area contributed by atoms with Crippen molar-refractivity contribution in [3.05, 3.63) is 71.8 Å². The molecule has 29 heavy (non-hydrogen) atoms. The molecule has 0 amide bonds. The maximum absolute atomic E-state index is 2.44. The summed E-state index contributed by atoms with van der Waals surface area (Å²) in [6, 6.07) is 22.4. The summed E-state index contributed by atoms with van der Waals surface area (Å²) in [5.41, 5.74) is 3.06. The van der Waals surface area contributed by atoms with Gasteiger partial charge in [0.15, 0.2) is 0 Å². The van der Waals surface area contributed by atoms with Crippen LogP contribution in [0.5, 0.6) is 0 Å². The van der Waals surface area contributed by atoms with Gasteiger partial charge in [-0.1, -0.05) is 51.8 Å². The summed E-state index contributed by atoms with van der Waals surface area (Å²) in [5, 5.41) is 2.88. The van der Waals surface area contributed by atoms with Gasteiger partial charge < -0.3 is 49.6 Å². The second-order valence-corrected chi connectivity index (χ2v) is 13.8. The zero-order valence-electron chi connectivity index (χ0n) is 18.1. The molecule has 0 atom stereocenters. The molecule has 8 heteroatoms. The van der Waals surface area contributed by atoms with Crippen LogP contribution >= 0.6 is 0 Å². The van der Waals surface area contributed by atoms with Crippen LogP contribution in [0.3, 0.4) is 0 Å². The van der Waals surface area contributed by atoms with Crippen LogP contribution in [0.2, 0.25) is 32.7 Å². The van der Waals surface area contributed by atoms with Crippen molar-refractivity contribution in [3.8, 4) is 0 Å². The monoisotopic (exact) mass is 659 g/mol. The molecule has 0 aliphatic heterocycles. The SMILES string of the molecule is C[SiH]C.Cc1[cH-]c2ccccc2c1C[Si](C)(C)C.[Cl-].[Cl-].[Cl-].[Cl-].[Zr+3].[Zr+4].c1cc[cH-]c1. The Morgan fingerprint density at radius 2 is 1.31 bits per heavy atom. The Bertz CT molecular complexity index is 664. The van der Waals surface area contributed by atoms with E-state index in [4.69, 9.17) is 0 Å². The molecule has 0 aliphatic rings. The molecule has 0 aliphatic carbocycles. The Hall–Kier alpha value is 1.54. The predicted octanol–water partition coefficient (Wildman–Crippen LogP) is -5.78. The van der Waals surface area contributed by atoms with Crippen LogP contribution in [0.1, 0.15) is 11.1 Å². The molecule has 0 fully saturated rings. The standard InChI is InChI=1S/C14H19Si.C5H5.C2H7Si.4ClH.2Zr/c1-11-9-12-7-5-6-8-13(12)14(11)10-15(2,3)4;1-2-4-5-3-1;1-3-2;;;;;;/h5-9H,10H2,1-4H3;1-5H;3H,1-2H3;4*1H;;/q2*-1;;;;;;+3;+4/p-4. The Labute approximate surface area is 245 Å². The number of hydrogen-bond acceptors (Lipinski definition) is 0. The summed E-state index contributed by atoms with van der Waals surface area (Å²) >= 11 is 0. The van der Waals surface area contributed by atoms with Crippen LogP contribution in [0.25, 0.3) is 10.8 Å². The fraction of sp³-hybridized carbons (Fsp3) is 0.333. The van der Waals surface area contributed by atoms with E-state index in [1.54, 1.807) is 5.56 Å². The zero-order valence-corrected chi connectivity index (χ0v) is 28.2. The zero-order chi connectivity index (χ0) is 17.3. The second kappa shape index (κ2) is 24.2. The van der Waals surface area contributed by atoms with Crippen molar-refractivity contribution >= 4 is 28.4 Å². The van der Waals surface area contributed by atoms with Gasteiger partial charge in [-0.15, -0.1) is 40.6 Å². The minimum atomic E-state index is -1.01. The number of rotatable bonds is 2. The van der Waals surface area contributed by atoms with Gasteiger partial charge in [0.2, 0.25) is 0 Å². The van der Waals surface area contributed by atoms with Crippen molar-refractivity contribution in [1.82, 2.24) is 0 Å². The molecule has 3 rings (SSSR count). The Balaban J connectivity index is -0.0000000821. The molecule has 0 saturated carbocycles. The van der Waals surface area contributed by atoms with Gasteiger partial charge in [0.05, 0.1) is 0 Å². The Kier molecular flexibility index (Phi) is 36.9. The van der Waals surface area contributed by atoms with Crippen molar-refractivity contribution in [1.29, 1.82) is 0 Å². The molecule has 0 saturated heterocycles. The quantitative estimate of drug-likeness (QED) is 0.190. The molecule has 0 heterocycles. The van der Waals surface area contributed by atoms with Crippen molar-refractivity contribution in [2.45, 2.75) is 45.7 Å². The van der Waals surface area contributed by atoms with E-state index in [1.165, 1.54) is 22.4 Å². The van der Waals surface area contributed by atoms with Crippen LogP contribution in [0.15, 0.2) is 60.7 Å². The molecule has 0 aromatic heterocycles. The summed E-state index contributed by atoms with van der Waals surface area (Å²) in [5.74, 6) is 0. The van der Waals surface area contributed by atoms with Gasteiger partial charge in [-0.3, -0.25) is 0 Å². The summed E-state index contributed by atoms with van der Waals surface area (Å²) < 4.78 is 0. The molecule has 0 unspecified atom stereocenters. The van der Waals surface area contributed by atoms with Crippen LogP contribution < -0.4 is 49.6 Å². The Morgan fingerprint density at radius 3 is 1.69 bits per heavy atom. The van der Waals surface area contributed by atoms with Gasteiger partial charge in [-0.25, -0.2) is 12.1 Å². The number of halogens is 4. The van der Waals surface area contributed by atoms with E-state index in [1.807, 2.05) is 30.3 Å². The van der Waals surface area contributed by atoms with Crippen molar-refractivity contribution in [2.75, 3.05) is 0 Å². The van der Waals surface area contributed by atoms with E-state index in [0.29, 0.717) is 0 Å². The predicted molar refractivity (Wildman–Crippen MR) is 112 cm³/mol. The molecule has 3 aromatic rings. The van der Waals surface area contributed by atoms with E-state index in [9.17, 15) is 0 Å². The average molecular weight is 664 g/mol. The van der Waals surface area contributed by atoms with E-state index in [0.717, 1.165) is 9.52 Å². The molecule has 2 radical (unpaired) electrons. The van der Waals surface area contributed by atoms with Crippen molar-refractivity contribution in [2.24, 2.45) is 0 Å². The van der Waals surface area contributed by atoms with E-state index < -0.39 is 8.07 Å². The van der Waals surface area contributed by atoms with Gasteiger partial charge in [0.1, 0.15) is 0 Å². The third-order valence-corrected chi connectivity index (χ3v) is 4.81. The normalized spacial score (nSPS) is 8.34. The molecule has 0 spiro atoms. The third-order valence-electron chi connectivity index (χ3n) is 3.40. The van der Waals surface area contributed by atoms with Gasteiger partial charge in [-0.2, -0.15) is 23.8 Å². The van der Waals surface area contributed by atoms with Crippen molar-refractivity contribution in [3.63, 3.8) is 0 Å². The van der Waals surface area contributed by atoms with Crippen LogP contribution in [0, 0.1) is 6.92 Å². The van der Waals surface area contributed by atoms with Gasteiger partial charge in [0, 0.05) is 17.6 Å². The largest absolute Gasteiger partial charge is 4.00 e. The molecule has 0 bridgehead atoms. The number of benzene rings is 1. The number of aryl methyl sites for hydroxylation is 1. The summed E-state index contributed by atoms with van der Waals surface area (Å²) in [6.45, 7) is 14.0. The second-order valence-electron chi connectivity index (χ2n) is 7.17. The van der Waals surface area contributed by atoms with Crippen molar-refractivity contribution < 1.29 is 102 Å². The van der Waals surface area contributed by atoms with E-state index in [-0.39, 0.29) is 102 Å². The van der Waals surface area contributed by atoms with Crippen LogP contribution in [-0.4, -0.2) is 17.6 Å². The number of hydrogen-bond donors (Lipinski definition) is 0. The maximum Gasteiger partial charge on any atom is 4.00 e. The third kappa shape index (κ3) is 18.8. The molecule has 0 nitrogen and oxygen atoms in total.